The highest BCUT2D eigenvalue weighted by Gasteiger charge is 2.16. The molecule has 0 atom stereocenters. The largest absolute Gasteiger partial charge is 0.0843 e. The lowest BCUT2D eigenvalue weighted by Crippen LogP contribution is -1.97. The van der Waals surface area contributed by atoms with Crippen LogP contribution in [0, 0.1) is 13.8 Å². The van der Waals surface area contributed by atoms with Crippen LogP contribution in [-0.4, -0.2) is 0 Å². The molecule has 0 spiro atoms. The summed E-state index contributed by atoms with van der Waals surface area (Å²) in [5.41, 5.74) is 8.96. The fourth-order valence-corrected chi connectivity index (χ4v) is 4.52. The van der Waals surface area contributed by atoms with Gasteiger partial charge in [-0.1, -0.05) is 130 Å². The predicted octanol–water partition coefficient (Wildman–Crippen LogP) is 11.6. The van der Waals surface area contributed by atoms with E-state index in [1.54, 1.807) is 0 Å². The molecule has 0 saturated carbocycles. The number of halogens is 4. The van der Waals surface area contributed by atoms with Crippen molar-refractivity contribution in [1.29, 1.82) is 0 Å². The summed E-state index contributed by atoms with van der Waals surface area (Å²) in [5.74, 6) is 0. The molecule has 5 aromatic rings. The molecule has 0 nitrogen and oxygen atoms in total. The van der Waals surface area contributed by atoms with Crippen LogP contribution in [0.25, 0.3) is 11.1 Å². The molecule has 190 valence electrons. The van der Waals surface area contributed by atoms with Gasteiger partial charge in [0.25, 0.3) is 0 Å². The molecule has 0 heterocycles. The molecule has 0 radical (unpaired) electrons. The van der Waals surface area contributed by atoms with Crippen LogP contribution in [0.3, 0.4) is 0 Å². The summed E-state index contributed by atoms with van der Waals surface area (Å²) in [4.78, 5) is 0. The molecule has 0 amide bonds. The summed E-state index contributed by atoms with van der Waals surface area (Å²) in [6, 6.07) is 39.9. The predicted molar refractivity (Wildman–Crippen MR) is 167 cm³/mol. The van der Waals surface area contributed by atoms with Crippen molar-refractivity contribution >= 4 is 57.5 Å². The molecule has 0 fully saturated rings. The first-order valence-corrected chi connectivity index (χ1v) is 13.6. The molecule has 38 heavy (non-hydrogen) atoms. The summed E-state index contributed by atoms with van der Waals surface area (Å²) in [7, 11) is 0. The van der Waals surface area contributed by atoms with Crippen molar-refractivity contribution in [2.45, 2.75) is 13.8 Å². The SMILES string of the molecule is Cc1ccc(C)cc1.Clc1ccc(C(=C(c2ccc(Cl)cc2)c2ccc(Cl)cc2)c2ccc(Cl)cc2)cc1. The highest BCUT2D eigenvalue weighted by Crippen LogP contribution is 2.38. The van der Waals surface area contributed by atoms with Gasteiger partial charge in [0, 0.05) is 20.1 Å². The zero-order valence-electron chi connectivity index (χ0n) is 21.1. The summed E-state index contributed by atoms with van der Waals surface area (Å²) in [5, 5.41) is 2.75. The standard InChI is InChI=1S/C26H16Cl4.C8H10/c27-21-9-1-17(2-10-21)25(18-3-11-22(28)12-4-18)26(19-5-13-23(29)14-6-19)20-7-15-24(30)16-8-20;1-7-3-5-8(2)6-4-7/h1-16H;3-6H,1-2H3. The first kappa shape index (κ1) is 28.0. The molecule has 5 rings (SSSR count). The fraction of sp³-hybridized carbons (Fsp3) is 0.0588. The number of rotatable bonds is 4. The first-order valence-electron chi connectivity index (χ1n) is 12.1. The molecule has 0 aliphatic heterocycles. The monoisotopic (exact) mass is 574 g/mol. The first-order chi connectivity index (χ1) is 18.3. The van der Waals surface area contributed by atoms with E-state index in [0.29, 0.717) is 20.1 Å². The summed E-state index contributed by atoms with van der Waals surface area (Å²) >= 11 is 24.7. The van der Waals surface area contributed by atoms with Gasteiger partial charge in [-0.05, 0) is 95.8 Å². The Balaban J connectivity index is 0.000000360. The molecule has 0 aliphatic carbocycles. The van der Waals surface area contributed by atoms with Crippen LogP contribution < -0.4 is 0 Å². The molecule has 4 heteroatoms. The average molecular weight is 576 g/mol. The molecule has 0 unspecified atom stereocenters. The van der Waals surface area contributed by atoms with Gasteiger partial charge in [0.1, 0.15) is 0 Å². The van der Waals surface area contributed by atoms with Gasteiger partial charge in [-0.2, -0.15) is 0 Å². The Morgan fingerprint density at radius 3 is 0.684 bits per heavy atom. The Labute approximate surface area is 245 Å². The lowest BCUT2D eigenvalue weighted by atomic mass is 9.86. The van der Waals surface area contributed by atoms with Crippen LogP contribution in [0.1, 0.15) is 33.4 Å². The summed E-state index contributed by atoms with van der Waals surface area (Å²) < 4.78 is 0. The topological polar surface area (TPSA) is 0 Å². The maximum absolute atomic E-state index is 6.17. The van der Waals surface area contributed by atoms with Gasteiger partial charge >= 0.3 is 0 Å². The third kappa shape index (κ3) is 7.53. The van der Waals surface area contributed by atoms with Gasteiger partial charge < -0.3 is 0 Å². The van der Waals surface area contributed by atoms with Crippen molar-refractivity contribution in [3.05, 3.63) is 175 Å². The van der Waals surface area contributed by atoms with Crippen LogP contribution in [0.5, 0.6) is 0 Å². The second-order valence-corrected chi connectivity index (χ2v) is 10.7. The Hall–Kier alpha value is -3.00. The lowest BCUT2D eigenvalue weighted by molar-refractivity contribution is 1.40. The van der Waals surface area contributed by atoms with Gasteiger partial charge in [-0.25, -0.2) is 0 Å². The van der Waals surface area contributed by atoms with Gasteiger partial charge in [-0.3, -0.25) is 0 Å². The highest BCUT2D eigenvalue weighted by atomic mass is 35.5. The Kier molecular flexibility index (Phi) is 9.72. The van der Waals surface area contributed by atoms with Crippen LogP contribution >= 0.6 is 46.4 Å². The number of aryl methyl sites for hydroxylation is 2. The maximum atomic E-state index is 6.17. The molecule has 0 bridgehead atoms. The van der Waals surface area contributed by atoms with E-state index >= 15 is 0 Å². The quantitative estimate of drug-likeness (QED) is 0.187. The molecule has 0 saturated heterocycles. The zero-order valence-corrected chi connectivity index (χ0v) is 24.1. The highest BCUT2D eigenvalue weighted by molar-refractivity contribution is 6.31. The third-order valence-electron chi connectivity index (χ3n) is 6.00. The summed E-state index contributed by atoms with van der Waals surface area (Å²) in [6.07, 6.45) is 0. The van der Waals surface area contributed by atoms with Gasteiger partial charge in [-0.15, -0.1) is 0 Å². The van der Waals surface area contributed by atoms with Crippen LogP contribution in [0.2, 0.25) is 20.1 Å². The van der Waals surface area contributed by atoms with E-state index < -0.39 is 0 Å². The van der Waals surface area contributed by atoms with Crippen LogP contribution in [-0.2, 0) is 0 Å². The minimum Gasteiger partial charge on any atom is -0.0843 e. The van der Waals surface area contributed by atoms with E-state index in [-0.39, 0.29) is 0 Å². The normalized spacial score (nSPS) is 10.4. The van der Waals surface area contributed by atoms with Crippen molar-refractivity contribution in [2.24, 2.45) is 0 Å². The van der Waals surface area contributed by atoms with Crippen LogP contribution in [0.15, 0.2) is 121 Å². The zero-order chi connectivity index (χ0) is 27.1. The second-order valence-electron chi connectivity index (χ2n) is 8.93. The minimum absolute atomic E-state index is 0.689. The molecular weight excluding hydrogens is 550 g/mol. The van der Waals surface area contributed by atoms with E-state index in [9.17, 15) is 0 Å². The van der Waals surface area contributed by atoms with E-state index in [4.69, 9.17) is 46.4 Å². The van der Waals surface area contributed by atoms with Crippen molar-refractivity contribution in [3.63, 3.8) is 0 Å². The van der Waals surface area contributed by atoms with Gasteiger partial charge in [0.15, 0.2) is 0 Å². The third-order valence-corrected chi connectivity index (χ3v) is 7.01. The number of hydrogen-bond donors (Lipinski definition) is 0. The van der Waals surface area contributed by atoms with Crippen molar-refractivity contribution in [2.75, 3.05) is 0 Å². The van der Waals surface area contributed by atoms with Crippen molar-refractivity contribution in [1.82, 2.24) is 0 Å². The number of benzene rings is 5. The van der Waals surface area contributed by atoms with Crippen molar-refractivity contribution in [3.8, 4) is 0 Å². The molecule has 0 N–H and O–H groups in total. The van der Waals surface area contributed by atoms with Crippen LogP contribution in [0.4, 0.5) is 0 Å². The fourth-order valence-electron chi connectivity index (χ4n) is 4.01. The molecular formula is C34H26Cl4. The average Bonchev–Trinajstić information content (AvgIpc) is 2.92. The molecule has 0 aromatic heterocycles. The molecule has 0 aliphatic rings. The van der Waals surface area contributed by atoms with Crippen molar-refractivity contribution < 1.29 is 0 Å². The van der Waals surface area contributed by atoms with E-state index in [1.165, 1.54) is 11.1 Å². The number of hydrogen-bond acceptors (Lipinski definition) is 0. The van der Waals surface area contributed by atoms with E-state index in [2.05, 4.69) is 38.1 Å². The Morgan fingerprint density at radius 2 is 0.500 bits per heavy atom. The molecule has 5 aromatic carbocycles. The smallest absolute Gasteiger partial charge is 0.0406 e. The van der Waals surface area contributed by atoms with Gasteiger partial charge in [0.2, 0.25) is 0 Å². The lowest BCUT2D eigenvalue weighted by Gasteiger charge is -2.18. The second kappa shape index (κ2) is 13.2. The Bertz CT molecular complexity index is 1280. The Morgan fingerprint density at radius 1 is 0.316 bits per heavy atom. The maximum Gasteiger partial charge on any atom is 0.0406 e. The van der Waals surface area contributed by atoms with E-state index in [0.717, 1.165) is 33.4 Å². The van der Waals surface area contributed by atoms with Gasteiger partial charge in [0.05, 0.1) is 0 Å². The van der Waals surface area contributed by atoms with E-state index in [1.807, 2.05) is 97.1 Å². The summed E-state index contributed by atoms with van der Waals surface area (Å²) in [6.45, 7) is 4.19. The minimum atomic E-state index is 0.689.